The molecule has 0 unspecified atom stereocenters. The molecule has 1 aliphatic heterocycles. The van der Waals surface area contributed by atoms with Crippen molar-refractivity contribution in [1.82, 2.24) is 0 Å². The number of hydrogen-bond acceptors (Lipinski definition) is 4. The van der Waals surface area contributed by atoms with Gasteiger partial charge in [0.25, 0.3) is 0 Å². The Bertz CT molecular complexity index is 452. The van der Waals surface area contributed by atoms with Crippen LogP contribution in [0.2, 0.25) is 36.3 Å². The molecule has 140 valence electrons. The Morgan fingerprint density at radius 2 is 1.00 bits per heavy atom. The van der Waals surface area contributed by atoms with Crippen molar-refractivity contribution in [2.24, 2.45) is 0 Å². The summed E-state index contributed by atoms with van der Waals surface area (Å²) in [6.45, 7) is 24.4. The first-order chi connectivity index (χ1) is 10.7. The monoisotopic (exact) mass is 404 g/mol. The number of rotatable bonds is 6. The Morgan fingerprint density at radius 1 is 0.708 bits per heavy atom. The molecule has 24 heavy (non-hydrogen) atoms. The third-order valence-corrected chi connectivity index (χ3v) is 17.0. The molecular formula is C18H36O2S2Si2. The van der Waals surface area contributed by atoms with Gasteiger partial charge in [0.15, 0.2) is 16.6 Å². The van der Waals surface area contributed by atoms with Crippen LogP contribution >= 0.6 is 21.6 Å². The van der Waals surface area contributed by atoms with Crippen LogP contribution in [0.25, 0.3) is 0 Å². The average molecular weight is 405 g/mol. The van der Waals surface area contributed by atoms with Crippen molar-refractivity contribution in [3.05, 3.63) is 22.0 Å². The number of allylic oxidation sites excluding steroid dienone is 2. The van der Waals surface area contributed by atoms with E-state index in [1.54, 1.807) is 0 Å². The van der Waals surface area contributed by atoms with E-state index in [4.69, 9.17) is 8.85 Å². The van der Waals surface area contributed by atoms with Crippen LogP contribution < -0.4 is 0 Å². The largest absolute Gasteiger partial charge is 0.412 e. The Hall–Kier alpha value is 0.534. The summed E-state index contributed by atoms with van der Waals surface area (Å²) < 4.78 is 12.6. The summed E-state index contributed by atoms with van der Waals surface area (Å²) in [7, 11) is 0.305. The Kier molecular flexibility index (Phi) is 7.57. The van der Waals surface area contributed by atoms with Gasteiger partial charge in [-0.25, -0.2) is 0 Å². The summed E-state index contributed by atoms with van der Waals surface area (Å²) in [5.74, 6) is 0. The van der Waals surface area contributed by atoms with Crippen molar-refractivity contribution in [1.29, 1.82) is 0 Å². The van der Waals surface area contributed by atoms with Crippen LogP contribution in [0.5, 0.6) is 0 Å². The van der Waals surface area contributed by atoms with Crippen LogP contribution in [0.4, 0.5) is 0 Å². The zero-order valence-electron chi connectivity index (χ0n) is 17.2. The third-order valence-electron chi connectivity index (χ3n) is 5.47. The lowest BCUT2D eigenvalue weighted by molar-refractivity contribution is 0.324. The smallest absolute Gasteiger partial charge is 0.192 e. The van der Waals surface area contributed by atoms with Crippen molar-refractivity contribution < 1.29 is 8.85 Å². The average Bonchev–Trinajstić information content (AvgIpc) is 2.41. The van der Waals surface area contributed by atoms with E-state index >= 15 is 0 Å². The summed E-state index contributed by atoms with van der Waals surface area (Å²) in [5.41, 5.74) is 0. The maximum atomic E-state index is 6.31. The predicted octanol–water partition coefficient (Wildman–Crippen LogP) is 7.19. The lowest BCUT2D eigenvalue weighted by atomic mass is 10.2. The summed E-state index contributed by atoms with van der Waals surface area (Å²) in [5, 5.41) is 0.524. The minimum Gasteiger partial charge on any atom is -0.412 e. The van der Waals surface area contributed by atoms with Gasteiger partial charge in [0.05, 0.1) is 13.2 Å². The molecule has 0 bridgehead atoms. The normalized spacial score (nSPS) is 17.6. The molecule has 0 spiro atoms. The second kappa shape index (κ2) is 8.05. The van der Waals surface area contributed by atoms with E-state index in [2.05, 4.69) is 79.9 Å². The topological polar surface area (TPSA) is 18.5 Å². The van der Waals surface area contributed by atoms with E-state index in [-0.39, 0.29) is 10.1 Å². The molecule has 0 aromatic rings. The van der Waals surface area contributed by atoms with Crippen molar-refractivity contribution in [2.45, 2.75) is 77.8 Å². The van der Waals surface area contributed by atoms with E-state index in [0.29, 0.717) is 0 Å². The molecule has 0 radical (unpaired) electrons. The highest BCUT2D eigenvalue weighted by molar-refractivity contribution is 8.79. The van der Waals surface area contributed by atoms with Crippen LogP contribution in [-0.4, -0.2) is 29.8 Å². The van der Waals surface area contributed by atoms with Crippen molar-refractivity contribution in [2.75, 3.05) is 13.2 Å². The quantitative estimate of drug-likeness (QED) is 0.344. The fraction of sp³-hybridized carbons (Fsp3) is 0.778. The molecule has 0 atom stereocenters. The minimum absolute atomic E-state index is 0.262. The van der Waals surface area contributed by atoms with E-state index in [1.807, 2.05) is 21.6 Å². The fourth-order valence-corrected chi connectivity index (χ4v) is 5.48. The highest BCUT2D eigenvalue weighted by atomic mass is 33.1. The molecule has 0 aromatic heterocycles. The van der Waals surface area contributed by atoms with Crippen LogP contribution in [0.15, 0.2) is 22.0 Å². The molecule has 6 heteroatoms. The van der Waals surface area contributed by atoms with Crippen molar-refractivity contribution in [3.8, 4) is 0 Å². The lowest BCUT2D eigenvalue weighted by Crippen LogP contribution is -2.41. The van der Waals surface area contributed by atoms with Gasteiger partial charge in [0, 0.05) is 9.81 Å². The van der Waals surface area contributed by atoms with Gasteiger partial charge in [-0.15, -0.1) is 0 Å². The fourth-order valence-electron chi connectivity index (χ4n) is 1.43. The minimum atomic E-state index is -1.67. The molecule has 1 heterocycles. The highest BCUT2D eigenvalue weighted by Gasteiger charge is 2.38. The first-order valence-electron chi connectivity index (χ1n) is 8.68. The summed E-state index contributed by atoms with van der Waals surface area (Å²) in [6, 6.07) is 0. The molecule has 0 aromatic carbocycles. The second-order valence-corrected chi connectivity index (χ2v) is 21.5. The van der Waals surface area contributed by atoms with E-state index in [0.717, 1.165) is 13.2 Å². The molecular weight excluding hydrogens is 369 g/mol. The zero-order valence-corrected chi connectivity index (χ0v) is 20.8. The second-order valence-electron chi connectivity index (χ2n) is 9.53. The summed E-state index contributed by atoms with van der Waals surface area (Å²) in [4.78, 5) is 2.61. The van der Waals surface area contributed by atoms with Gasteiger partial charge in [-0.2, -0.15) is 0 Å². The van der Waals surface area contributed by atoms with Gasteiger partial charge < -0.3 is 8.85 Å². The highest BCUT2D eigenvalue weighted by Crippen LogP contribution is 2.43. The lowest BCUT2D eigenvalue weighted by Gasteiger charge is -2.37. The summed E-state index contributed by atoms with van der Waals surface area (Å²) >= 11 is 0. The van der Waals surface area contributed by atoms with Gasteiger partial charge in [-0.05, 0) is 48.4 Å². The van der Waals surface area contributed by atoms with E-state index < -0.39 is 16.6 Å². The van der Waals surface area contributed by atoms with Crippen LogP contribution in [0, 0.1) is 0 Å². The third kappa shape index (κ3) is 6.36. The van der Waals surface area contributed by atoms with Gasteiger partial charge in [-0.1, -0.05) is 63.1 Å². The Labute approximate surface area is 159 Å². The van der Waals surface area contributed by atoms with Gasteiger partial charge in [0.1, 0.15) is 0 Å². The first-order valence-corrected chi connectivity index (χ1v) is 16.6. The molecule has 0 fully saturated rings. The SMILES string of the molecule is CC(C)(C)[Si](C)(C)OCC1=CC=C(CO[Si](C)(C)C(C)(C)C)SS1. The van der Waals surface area contributed by atoms with E-state index in [9.17, 15) is 0 Å². The van der Waals surface area contributed by atoms with Gasteiger partial charge in [0.2, 0.25) is 0 Å². The van der Waals surface area contributed by atoms with Gasteiger partial charge in [-0.3, -0.25) is 0 Å². The van der Waals surface area contributed by atoms with Crippen LogP contribution in [0.1, 0.15) is 41.5 Å². The maximum absolute atomic E-state index is 6.31. The van der Waals surface area contributed by atoms with Crippen LogP contribution in [0.3, 0.4) is 0 Å². The Balaban J connectivity index is 2.56. The molecule has 1 rings (SSSR count). The molecule has 2 nitrogen and oxygen atoms in total. The van der Waals surface area contributed by atoms with E-state index in [1.165, 1.54) is 9.81 Å². The molecule has 1 aliphatic rings. The molecule has 0 saturated heterocycles. The van der Waals surface area contributed by atoms with Crippen LogP contribution in [-0.2, 0) is 8.85 Å². The summed E-state index contributed by atoms with van der Waals surface area (Å²) in [6.07, 6.45) is 4.41. The molecule has 0 amide bonds. The van der Waals surface area contributed by atoms with Crippen molar-refractivity contribution >= 4 is 38.2 Å². The Morgan fingerprint density at radius 3 is 1.21 bits per heavy atom. The number of hydrogen-bond donors (Lipinski definition) is 0. The standard InChI is InChI=1S/C18H36O2S2Si2/c1-17(2,3)23(7,8)19-13-15-11-12-16(22-21-15)14-20-24(9,10)18(4,5)6/h11-12H,13-14H2,1-10H3. The molecule has 0 saturated carbocycles. The zero-order chi connectivity index (χ0) is 18.8. The predicted molar refractivity (Wildman–Crippen MR) is 118 cm³/mol. The first kappa shape index (κ1) is 22.6. The maximum Gasteiger partial charge on any atom is 0.192 e. The van der Waals surface area contributed by atoms with Crippen molar-refractivity contribution in [3.63, 3.8) is 0 Å². The molecule has 0 aliphatic carbocycles. The van der Waals surface area contributed by atoms with Gasteiger partial charge >= 0.3 is 0 Å². The molecule has 0 N–H and O–H groups in total.